The summed E-state index contributed by atoms with van der Waals surface area (Å²) in [6.45, 7) is 0.783. The van der Waals surface area contributed by atoms with Crippen molar-refractivity contribution in [1.82, 2.24) is 0 Å². The van der Waals surface area contributed by atoms with Gasteiger partial charge in [0.15, 0.2) is 0 Å². The third-order valence-electron chi connectivity index (χ3n) is 3.28. The second-order valence-corrected chi connectivity index (χ2v) is 5.41. The summed E-state index contributed by atoms with van der Waals surface area (Å²) in [6.07, 6.45) is 0.981. The first-order valence-corrected chi connectivity index (χ1v) is 6.80. The lowest BCUT2D eigenvalue weighted by Gasteiger charge is -2.14. The summed E-state index contributed by atoms with van der Waals surface area (Å²) in [7, 11) is 0. The van der Waals surface area contributed by atoms with Crippen molar-refractivity contribution in [1.29, 1.82) is 0 Å². The van der Waals surface area contributed by atoms with Crippen LogP contribution in [0.2, 0.25) is 0 Å². The van der Waals surface area contributed by atoms with Crippen molar-refractivity contribution in [2.24, 2.45) is 5.73 Å². The number of ether oxygens (including phenoxy) is 1. The molecule has 1 aliphatic heterocycles. The van der Waals surface area contributed by atoms with Gasteiger partial charge in [-0.2, -0.15) is 0 Å². The average Bonchev–Trinajstić information content (AvgIpc) is 2.85. The molecule has 92 valence electrons. The molecule has 0 radical (unpaired) electrons. The van der Waals surface area contributed by atoms with Gasteiger partial charge < -0.3 is 10.5 Å². The fourth-order valence-electron chi connectivity index (χ4n) is 2.29. The summed E-state index contributed by atoms with van der Waals surface area (Å²) < 4.78 is 6.57. The fourth-order valence-corrected chi connectivity index (χ4v) is 2.71. The van der Waals surface area contributed by atoms with E-state index in [2.05, 4.69) is 40.2 Å². The molecule has 2 aromatic rings. The van der Waals surface area contributed by atoms with Crippen molar-refractivity contribution in [3.05, 3.63) is 63.6 Å². The molecule has 2 N–H and O–H groups in total. The van der Waals surface area contributed by atoms with Crippen LogP contribution in [0.25, 0.3) is 0 Å². The Bertz CT molecular complexity index is 582. The molecular weight excluding hydrogens is 290 g/mol. The van der Waals surface area contributed by atoms with Gasteiger partial charge in [-0.15, -0.1) is 0 Å². The normalized spacial score (nSPS) is 15.0. The van der Waals surface area contributed by atoms with E-state index in [-0.39, 0.29) is 6.04 Å². The lowest BCUT2D eigenvalue weighted by atomic mass is 9.97. The van der Waals surface area contributed by atoms with Gasteiger partial charge in [-0.05, 0) is 34.9 Å². The van der Waals surface area contributed by atoms with Gasteiger partial charge in [-0.25, -0.2) is 0 Å². The Hall–Kier alpha value is -1.32. The van der Waals surface area contributed by atoms with E-state index < -0.39 is 0 Å². The maximum Gasteiger partial charge on any atom is 0.122 e. The van der Waals surface area contributed by atoms with E-state index in [1.165, 1.54) is 5.56 Å². The Balaban J connectivity index is 1.95. The van der Waals surface area contributed by atoms with Crippen LogP contribution in [0, 0.1) is 0 Å². The van der Waals surface area contributed by atoms with Gasteiger partial charge in [0.25, 0.3) is 0 Å². The third-order valence-corrected chi connectivity index (χ3v) is 3.77. The van der Waals surface area contributed by atoms with Crippen molar-refractivity contribution < 1.29 is 4.74 Å². The van der Waals surface area contributed by atoms with Crippen molar-refractivity contribution in [2.45, 2.75) is 12.5 Å². The Morgan fingerprint density at radius 1 is 1.11 bits per heavy atom. The van der Waals surface area contributed by atoms with E-state index in [4.69, 9.17) is 10.5 Å². The zero-order chi connectivity index (χ0) is 12.5. The first-order chi connectivity index (χ1) is 8.74. The molecule has 1 atom stereocenters. The van der Waals surface area contributed by atoms with Gasteiger partial charge in [0.1, 0.15) is 5.75 Å². The smallest absolute Gasteiger partial charge is 0.122 e. The molecule has 1 aliphatic rings. The Kier molecular flexibility index (Phi) is 3.10. The predicted octanol–water partition coefficient (Wildman–Crippen LogP) is 3.43. The monoisotopic (exact) mass is 303 g/mol. The molecule has 0 fully saturated rings. The van der Waals surface area contributed by atoms with Gasteiger partial charge in [0.05, 0.1) is 12.6 Å². The zero-order valence-corrected chi connectivity index (χ0v) is 11.5. The van der Waals surface area contributed by atoms with Crippen molar-refractivity contribution >= 4 is 15.9 Å². The standard InChI is InChI=1S/C15H14BrNO/c16-13-3-1-2-11(9-13)15(17)12-4-5-14-10(8-12)6-7-18-14/h1-5,8-9,15H,6-7,17H2. The molecule has 3 heteroatoms. The topological polar surface area (TPSA) is 35.2 Å². The van der Waals surface area contributed by atoms with Crippen LogP contribution in [0.4, 0.5) is 0 Å². The number of fused-ring (bicyclic) bond motifs is 1. The summed E-state index contributed by atoms with van der Waals surface area (Å²) in [5, 5.41) is 0. The number of hydrogen-bond donors (Lipinski definition) is 1. The molecule has 0 saturated carbocycles. The van der Waals surface area contributed by atoms with Crippen LogP contribution >= 0.6 is 15.9 Å². The Morgan fingerprint density at radius 3 is 2.78 bits per heavy atom. The molecule has 1 heterocycles. The highest BCUT2D eigenvalue weighted by Crippen LogP contribution is 2.30. The molecule has 0 saturated heterocycles. The number of rotatable bonds is 2. The van der Waals surface area contributed by atoms with E-state index in [1.54, 1.807) is 0 Å². The van der Waals surface area contributed by atoms with Gasteiger partial charge in [-0.1, -0.05) is 40.2 Å². The highest BCUT2D eigenvalue weighted by molar-refractivity contribution is 9.10. The minimum Gasteiger partial charge on any atom is -0.493 e. The SMILES string of the molecule is NC(c1cccc(Br)c1)c1ccc2c(c1)CCO2. The van der Waals surface area contributed by atoms with Gasteiger partial charge >= 0.3 is 0 Å². The van der Waals surface area contributed by atoms with Crippen LogP contribution in [0.5, 0.6) is 5.75 Å². The highest BCUT2D eigenvalue weighted by Gasteiger charge is 2.15. The van der Waals surface area contributed by atoms with Gasteiger partial charge in [0, 0.05) is 10.9 Å². The molecule has 0 amide bonds. The molecule has 0 aromatic heterocycles. The van der Waals surface area contributed by atoms with E-state index in [9.17, 15) is 0 Å². The second-order valence-electron chi connectivity index (χ2n) is 4.50. The summed E-state index contributed by atoms with van der Waals surface area (Å²) in [5.74, 6) is 1.00. The van der Waals surface area contributed by atoms with E-state index in [1.807, 2.05) is 18.2 Å². The zero-order valence-electron chi connectivity index (χ0n) is 9.90. The van der Waals surface area contributed by atoms with Gasteiger partial charge in [-0.3, -0.25) is 0 Å². The number of halogens is 1. The minimum absolute atomic E-state index is 0.0894. The van der Waals surface area contributed by atoms with E-state index in [0.29, 0.717) is 0 Å². The van der Waals surface area contributed by atoms with Crippen LogP contribution < -0.4 is 10.5 Å². The maximum absolute atomic E-state index is 6.32. The summed E-state index contributed by atoms with van der Waals surface area (Å²) in [4.78, 5) is 0. The Morgan fingerprint density at radius 2 is 1.94 bits per heavy atom. The maximum atomic E-state index is 6.32. The van der Waals surface area contributed by atoms with E-state index >= 15 is 0 Å². The summed E-state index contributed by atoms with van der Waals surface area (Å²) >= 11 is 3.48. The van der Waals surface area contributed by atoms with Crippen LogP contribution in [-0.2, 0) is 6.42 Å². The average molecular weight is 304 g/mol. The molecule has 2 aromatic carbocycles. The van der Waals surface area contributed by atoms with Crippen LogP contribution in [-0.4, -0.2) is 6.61 Å². The minimum atomic E-state index is -0.0894. The molecule has 0 aliphatic carbocycles. The first-order valence-electron chi connectivity index (χ1n) is 6.01. The lowest BCUT2D eigenvalue weighted by molar-refractivity contribution is 0.357. The molecule has 0 spiro atoms. The molecule has 1 unspecified atom stereocenters. The summed E-state index contributed by atoms with van der Waals surface area (Å²) in [5.41, 5.74) is 9.83. The van der Waals surface area contributed by atoms with Crippen LogP contribution in [0.15, 0.2) is 46.9 Å². The molecule has 0 bridgehead atoms. The van der Waals surface area contributed by atoms with Gasteiger partial charge in [0.2, 0.25) is 0 Å². The molecule has 2 nitrogen and oxygen atoms in total. The predicted molar refractivity (Wildman–Crippen MR) is 75.8 cm³/mol. The lowest BCUT2D eigenvalue weighted by Crippen LogP contribution is -2.11. The second kappa shape index (κ2) is 4.75. The molecular formula is C15H14BrNO. The molecule has 18 heavy (non-hydrogen) atoms. The quantitative estimate of drug-likeness (QED) is 0.922. The van der Waals surface area contributed by atoms with Crippen molar-refractivity contribution in [3.63, 3.8) is 0 Å². The van der Waals surface area contributed by atoms with Crippen LogP contribution in [0.1, 0.15) is 22.7 Å². The van der Waals surface area contributed by atoms with Crippen molar-refractivity contribution in [2.75, 3.05) is 6.61 Å². The number of benzene rings is 2. The van der Waals surface area contributed by atoms with Crippen LogP contribution in [0.3, 0.4) is 0 Å². The largest absolute Gasteiger partial charge is 0.493 e. The molecule has 3 rings (SSSR count). The van der Waals surface area contributed by atoms with Crippen molar-refractivity contribution in [3.8, 4) is 5.75 Å². The summed E-state index contributed by atoms with van der Waals surface area (Å²) in [6, 6.07) is 14.3. The third kappa shape index (κ3) is 2.16. The highest BCUT2D eigenvalue weighted by atomic mass is 79.9. The number of nitrogens with two attached hydrogens (primary N) is 1. The fraction of sp³-hybridized carbons (Fsp3) is 0.200. The number of hydrogen-bond acceptors (Lipinski definition) is 2. The Labute approximate surface area is 115 Å². The first kappa shape index (κ1) is 11.8. The van der Waals surface area contributed by atoms with E-state index in [0.717, 1.165) is 34.4 Å².